The fourth-order valence-electron chi connectivity index (χ4n) is 2.49. The number of aryl methyl sites for hydroxylation is 2. The van der Waals surface area contributed by atoms with Gasteiger partial charge in [0.25, 0.3) is 0 Å². The van der Waals surface area contributed by atoms with Crippen LogP contribution < -0.4 is 0 Å². The lowest BCUT2D eigenvalue weighted by Crippen LogP contribution is -2.05. The van der Waals surface area contributed by atoms with Crippen LogP contribution in [0.4, 0.5) is 0 Å². The Labute approximate surface area is 125 Å². The van der Waals surface area contributed by atoms with Gasteiger partial charge < -0.3 is 10.2 Å². The Bertz CT molecular complexity index is 884. The molecule has 0 unspecified atom stereocenters. The van der Waals surface area contributed by atoms with Gasteiger partial charge in [-0.05, 0) is 49.2 Å². The Morgan fingerprint density at radius 2 is 1.14 bits per heavy atom. The van der Waals surface area contributed by atoms with Crippen LogP contribution in [-0.4, -0.2) is 32.1 Å². The highest BCUT2D eigenvalue weighted by Gasteiger charge is 2.14. The van der Waals surface area contributed by atoms with Crippen LogP contribution in [0.5, 0.6) is 0 Å². The minimum absolute atomic E-state index is 0.0127. The molecule has 1 aromatic carbocycles. The summed E-state index contributed by atoms with van der Waals surface area (Å²) in [7, 11) is 0. The molecule has 0 bridgehead atoms. The summed E-state index contributed by atoms with van der Waals surface area (Å²) < 4.78 is 0. The first kappa shape index (κ1) is 13.9. The fraction of sp³-hybridized carbons (Fsp3) is 0.125. The molecule has 6 nitrogen and oxygen atoms in total. The number of carboxylic acids is 2. The Morgan fingerprint density at radius 3 is 1.45 bits per heavy atom. The maximum atomic E-state index is 11.2. The van der Waals surface area contributed by atoms with Gasteiger partial charge >= 0.3 is 11.9 Å². The molecule has 22 heavy (non-hydrogen) atoms. The third-order valence-corrected chi connectivity index (χ3v) is 3.54. The van der Waals surface area contributed by atoms with Crippen LogP contribution in [0.3, 0.4) is 0 Å². The average molecular weight is 296 g/mol. The predicted octanol–water partition coefficient (Wildman–Crippen LogP) is 2.80. The SMILES string of the molecule is Cc1cc2cc3nc(C(=O)O)c(C)cc3cc2nc1C(=O)O. The van der Waals surface area contributed by atoms with Crippen molar-refractivity contribution >= 4 is 33.7 Å². The van der Waals surface area contributed by atoms with Gasteiger partial charge in [0.05, 0.1) is 11.0 Å². The summed E-state index contributed by atoms with van der Waals surface area (Å²) in [6, 6.07) is 6.88. The summed E-state index contributed by atoms with van der Waals surface area (Å²) in [5, 5.41) is 19.7. The van der Waals surface area contributed by atoms with Crippen LogP contribution in [-0.2, 0) is 0 Å². The van der Waals surface area contributed by atoms with Crippen molar-refractivity contribution in [2.75, 3.05) is 0 Å². The molecular weight excluding hydrogens is 284 g/mol. The number of hydrogen-bond acceptors (Lipinski definition) is 4. The van der Waals surface area contributed by atoms with Crippen molar-refractivity contribution in [1.82, 2.24) is 9.97 Å². The van der Waals surface area contributed by atoms with Gasteiger partial charge in [-0.15, -0.1) is 0 Å². The number of carbonyl (C=O) groups is 2. The normalized spacial score (nSPS) is 11.0. The smallest absolute Gasteiger partial charge is 0.354 e. The molecule has 6 heteroatoms. The highest BCUT2D eigenvalue weighted by Crippen LogP contribution is 2.24. The molecule has 0 saturated carbocycles. The number of fused-ring (bicyclic) bond motifs is 2. The van der Waals surface area contributed by atoms with Crippen LogP contribution in [0, 0.1) is 13.8 Å². The van der Waals surface area contributed by atoms with Gasteiger partial charge in [-0.3, -0.25) is 0 Å². The van der Waals surface area contributed by atoms with E-state index in [0.717, 1.165) is 10.8 Å². The van der Waals surface area contributed by atoms with Crippen molar-refractivity contribution in [1.29, 1.82) is 0 Å². The monoisotopic (exact) mass is 296 g/mol. The number of hydrogen-bond donors (Lipinski definition) is 2. The Hall–Kier alpha value is -3.02. The fourth-order valence-corrected chi connectivity index (χ4v) is 2.49. The van der Waals surface area contributed by atoms with E-state index in [9.17, 15) is 9.59 Å². The minimum atomic E-state index is -1.07. The lowest BCUT2D eigenvalue weighted by molar-refractivity contribution is 0.0679. The van der Waals surface area contributed by atoms with E-state index in [1.807, 2.05) is 0 Å². The number of aromatic nitrogens is 2. The summed E-state index contributed by atoms with van der Waals surface area (Å²) in [6.45, 7) is 3.34. The standard InChI is InChI=1S/C16H12N2O4/c1-7-3-9-5-12-10(4-8(2)14(18-12)16(21)22)6-11(9)17-13(7)15(19)20/h3-6H,1-2H3,(H,19,20)(H,21,22). The van der Waals surface area contributed by atoms with Crippen LogP contribution in [0.2, 0.25) is 0 Å². The van der Waals surface area contributed by atoms with Gasteiger partial charge in [0.1, 0.15) is 0 Å². The van der Waals surface area contributed by atoms with E-state index >= 15 is 0 Å². The quantitative estimate of drug-likeness (QED) is 0.705. The first-order chi connectivity index (χ1) is 10.4. The third kappa shape index (κ3) is 2.14. The molecule has 0 aliphatic heterocycles. The maximum Gasteiger partial charge on any atom is 0.354 e. The largest absolute Gasteiger partial charge is 0.477 e. The van der Waals surface area contributed by atoms with Gasteiger partial charge in [0.2, 0.25) is 0 Å². The Kier molecular flexibility index (Phi) is 3.02. The molecule has 0 saturated heterocycles. The molecule has 0 fully saturated rings. The molecule has 0 aliphatic rings. The van der Waals surface area contributed by atoms with Crippen LogP contribution in [0.15, 0.2) is 24.3 Å². The lowest BCUT2D eigenvalue weighted by Gasteiger charge is -2.07. The summed E-state index contributed by atoms with van der Waals surface area (Å²) >= 11 is 0. The molecule has 110 valence electrons. The maximum absolute atomic E-state index is 11.2. The molecule has 0 amide bonds. The number of nitrogens with zero attached hydrogens (tertiary/aromatic N) is 2. The van der Waals surface area contributed by atoms with Crippen molar-refractivity contribution in [2.24, 2.45) is 0 Å². The molecular formula is C16H12N2O4. The van der Waals surface area contributed by atoms with E-state index in [1.165, 1.54) is 0 Å². The predicted molar refractivity (Wildman–Crippen MR) is 80.4 cm³/mol. The van der Waals surface area contributed by atoms with E-state index in [2.05, 4.69) is 9.97 Å². The van der Waals surface area contributed by atoms with Crippen molar-refractivity contribution < 1.29 is 19.8 Å². The topological polar surface area (TPSA) is 100 Å². The molecule has 2 N–H and O–H groups in total. The summed E-state index contributed by atoms with van der Waals surface area (Å²) in [5.41, 5.74) is 2.20. The molecule has 3 aromatic rings. The number of pyridine rings is 2. The zero-order valence-corrected chi connectivity index (χ0v) is 11.9. The van der Waals surface area contributed by atoms with Crippen LogP contribution >= 0.6 is 0 Å². The number of benzene rings is 1. The van der Waals surface area contributed by atoms with Gasteiger partial charge in [-0.1, -0.05) is 0 Å². The molecule has 0 spiro atoms. The molecule has 2 aromatic heterocycles. The molecule has 2 heterocycles. The number of aromatic carboxylic acids is 2. The molecule has 0 atom stereocenters. The first-order valence-corrected chi connectivity index (χ1v) is 6.56. The summed E-state index contributed by atoms with van der Waals surface area (Å²) in [5.74, 6) is -2.15. The van der Waals surface area contributed by atoms with Crippen molar-refractivity contribution in [3.8, 4) is 0 Å². The number of carboxylic acid groups (broad SMARTS) is 2. The Balaban J connectivity index is 2.35. The van der Waals surface area contributed by atoms with E-state index in [0.29, 0.717) is 22.2 Å². The van der Waals surface area contributed by atoms with Gasteiger partial charge in [0, 0.05) is 10.8 Å². The van der Waals surface area contributed by atoms with E-state index < -0.39 is 11.9 Å². The van der Waals surface area contributed by atoms with Gasteiger partial charge in [0.15, 0.2) is 11.4 Å². The van der Waals surface area contributed by atoms with Crippen molar-refractivity contribution in [2.45, 2.75) is 13.8 Å². The van der Waals surface area contributed by atoms with Gasteiger partial charge in [-0.25, -0.2) is 19.6 Å². The zero-order valence-electron chi connectivity index (χ0n) is 11.9. The lowest BCUT2D eigenvalue weighted by atomic mass is 10.1. The van der Waals surface area contributed by atoms with E-state index in [4.69, 9.17) is 10.2 Å². The molecule has 3 rings (SSSR count). The van der Waals surface area contributed by atoms with E-state index in [-0.39, 0.29) is 11.4 Å². The number of rotatable bonds is 2. The minimum Gasteiger partial charge on any atom is -0.477 e. The van der Waals surface area contributed by atoms with Gasteiger partial charge in [-0.2, -0.15) is 0 Å². The van der Waals surface area contributed by atoms with Crippen molar-refractivity contribution in [3.63, 3.8) is 0 Å². The highest BCUT2D eigenvalue weighted by molar-refractivity contribution is 5.99. The van der Waals surface area contributed by atoms with Crippen LogP contribution in [0.1, 0.15) is 32.1 Å². The van der Waals surface area contributed by atoms with Crippen LogP contribution in [0.25, 0.3) is 21.8 Å². The van der Waals surface area contributed by atoms with Crippen molar-refractivity contribution in [3.05, 3.63) is 46.8 Å². The Morgan fingerprint density at radius 1 is 0.773 bits per heavy atom. The highest BCUT2D eigenvalue weighted by atomic mass is 16.4. The zero-order chi connectivity index (χ0) is 16.0. The summed E-state index contributed by atoms with van der Waals surface area (Å²) in [6.07, 6.45) is 0. The third-order valence-electron chi connectivity index (χ3n) is 3.54. The molecule has 0 radical (unpaired) electrons. The van der Waals surface area contributed by atoms with E-state index in [1.54, 1.807) is 38.1 Å². The first-order valence-electron chi connectivity index (χ1n) is 6.56. The second-order valence-corrected chi connectivity index (χ2v) is 5.16. The second kappa shape index (κ2) is 4.77. The molecule has 0 aliphatic carbocycles. The summed E-state index contributed by atoms with van der Waals surface area (Å²) in [4.78, 5) is 30.7. The second-order valence-electron chi connectivity index (χ2n) is 5.16. The average Bonchev–Trinajstić information content (AvgIpc) is 2.43.